The van der Waals surface area contributed by atoms with E-state index in [-0.39, 0.29) is 5.75 Å². The van der Waals surface area contributed by atoms with Crippen LogP contribution in [0.5, 0.6) is 5.75 Å². The Morgan fingerprint density at radius 3 is 2.75 bits per heavy atom. The molecule has 0 heterocycles. The summed E-state index contributed by atoms with van der Waals surface area (Å²) in [6.07, 6.45) is 0.596. The van der Waals surface area contributed by atoms with Crippen LogP contribution in [0.1, 0.15) is 17.2 Å². The predicted molar refractivity (Wildman–Crippen MR) is 48.0 cm³/mol. The van der Waals surface area contributed by atoms with Gasteiger partial charge in [-0.15, -0.1) is 6.58 Å². The van der Waals surface area contributed by atoms with E-state index in [1.165, 1.54) is 6.08 Å². The van der Waals surface area contributed by atoms with Gasteiger partial charge in [-0.05, 0) is 12.5 Å². The van der Waals surface area contributed by atoms with Crippen molar-refractivity contribution in [3.05, 3.63) is 42.0 Å². The molecule has 0 unspecified atom stereocenters. The van der Waals surface area contributed by atoms with E-state index in [1.807, 2.05) is 0 Å². The first-order valence-corrected chi connectivity index (χ1v) is 3.76. The Morgan fingerprint density at radius 1 is 1.50 bits per heavy atom. The fourth-order valence-electron chi connectivity index (χ4n) is 1.05. The molecule has 0 bridgehead atoms. The number of benzene rings is 1. The summed E-state index contributed by atoms with van der Waals surface area (Å²) >= 11 is 0. The second-order valence-electron chi connectivity index (χ2n) is 2.69. The van der Waals surface area contributed by atoms with Crippen LogP contribution < -0.4 is 0 Å². The van der Waals surface area contributed by atoms with Crippen LogP contribution >= 0.6 is 0 Å². The van der Waals surface area contributed by atoms with Crippen LogP contribution in [0.2, 0.25) is 0 Å². The van der Waals surface area contributed by atoms with Gasteiger partial charge in [-0.2, -0.15) is 0 Å². The van der Waals surface area contributed by atoms with Crippen LogP contribution in [0.15, 0.2) is 30.9 Å². The van der Waals surface area contributed by atoms with E-state index >= 15 is 0 Å². The molecule has 0 amide bonds. The van der Waals surface area contributed by atoms with Crippen molar-refractivity contribution in [2.75, 3.05) is 0 Å². The number of aryl methyl sites for hydroxylation is 1. The molecule has 0 fully saturated rings. The summed E-state index contributed by atoms with van der Waals surface area (Å²) in [4.78, 5) is 0. The fraction of sp³-hybridized carbons (Fsp3) is 0.200. The summed E-state index contributed by atoms with van der Waals surface area (Å²) in [5.41, 5.74) is 1.26. The molecule has 0 radical (unpaired) electrons. The molecule has 0 saturated carbocycles. The molecule has 0 spiro atoms. The molecule has 64 valence electrons. The zero-order valence-corrected chi connectivity index (χ0v) is 6.99. The van der Waals surface area contributed by atoms with Gasteiger partial charge in [0.15, 0.2) is 0 Å². The average Bonchev–Trinajstić information content (AvgIpc) is 2.08. The van der Waals surface area contributed by atoms with Crippen LogP contribution in [0.25, 0.3) is 0 Å². The minimum atomic E-state index is -0.787. The van der Waals surface area contributed by atoms with Gasteiger partial charge in [-0.1, -0.05) is 24.3 Å². The van der Waals surface area contributed by atoms with Crippen molar-refractivity contribution in [2.24, 2.45) is 0 Å². The number of phenols is 1. The Hall–Kier alpha value is -1.28. The second-order valence-corrected chi connectivity index (χ2v) is 2.69. The van der Waals surface area contributed by atoms with E-state index in [2.05, 4.69) is 6.58 Å². The molecule has 2 N–H and O–H groups in total. The van der Waals surface area contributed by atoms with Gasteiger partial charge in [0.25, 0.3) is 0 Å². The molecule has 12 heavy (non-hydrogen) atoms. The third kappa shape index (κ3) is 1.48. The summed E-state index contributed by atoms with van der Waals surface area (Å²) in [5, 5.41) is 18.8. The summed E-state index contributed by atoms with van der Waals surface area (Å²) in [5.74, 6) is 0.143. The number of hydrogen-bond acceptors (Lipinski definition) is 2. The number of rotatable bonds is 2. The van der Waals surface area contributed by atoms with Gasteiger partial charge in [0.1, 0.15) is 11.9 Å². The molecule has 0 aromatic heterocycles. The monoisotopic (exact) mass is 164 g/mol. The Labute approximate surface area is 71.8 Å². The molecule has 1 atom stereocenters. The Bertz CT molecular complexity index is 292. The lowest BCUT2D eigenvalue weighted by Crippen LogP contribution is -1.93. The lowest BCUT2D eigenvalue weighted by Gasteiger charge is -2.09. The van der Waals surface area contributed by atoms with Crippen molar-refractivity contribution in [2.45, 2.75) is 13.0 Å². The Balaban J connectivity index is 3.15. The quantitative estimate of drug-likeness (QED) is 0.655. The van der Waals surface area contributed by atoms with Crippen LogP contribution in [-0.4, -0.2) is 10.2 Å². The van der Waals surface area contributed by atoms with Gasteiger partial charge in [0, 0.05) is 5.56 Å². The molecule has 0 aliphatic heterocycles. The number of aromatic hydroxyl groups is 1. The fourth-order valence-corrected chi connectivity index (χ4v) is 1.05. The Morgan fingerprint density at radius 2 is 2.17 bits per heavy atom. The number of hydrogen-bond donors (Lipinski definition) is 2. The molecule has 0 saturated heterocycles. The van der Waals surface area contributed by atoms with Crippen LogP contribution in [0.3, 0.4) is 0 Å². The molecule has 1 aromatic rings. The zero-order chi connectivity index (χ0) is 9.14. The first kappa shape index (κ1) is 8.81. The van der Waals surface area contributed by atoms with Crippen molar-refractivity contribution < 1.29 is 10.2 Å². The highest BCUT2D eigenvalue weighted by Crippen LogP contribution is 2.27. The molecule has 0 aliphatic carbocycles. The van der Waals surface area contributed by atoms with E-state index in [0.29, 0.717) is 5.56 Å². The highest BCUT2D eigenvalue weighted by atomic mass is 16.3. The van der Waals surface area contributed by atoms with Crippen LogP contribution in [0.4, 0.5) is 0 Å². The first-order valence-electron chi connectivity index (χ1n) is 3.76. The Kier molecular flexibility index (Phi) is 2.51. The maximum Gasteiger partial charge on any atom is 0.124 e. The average molecular weight is 164 g/mol. The first-order chi connectivity index (χ1) is 5.66. The van der Waals surface area contributed by atoms with Gasteiger partial charge < -0.3 is 10.2 Å². The lowest BCUT2D eigenvalue weighted by atomic mass is 10.1. The van der Waals surface area contributed by atoms with Crippen molar-refractivity contribution in [3.8, 4) is 5.75 Å². The molecule has 0 aliphatic rings. The largest absolute Gasteiger partial charge is 0.507 e. The number of aliphatic hydroxyl groups excluding tert-OH is 1. The highest BCUT2D eigenvalue weighted by Gasteiger charge is 2.08. The lowest BCUT2D eigenvalue weighted by molar-refractivity contribution is 0.224. The van der Waals surface area contributed by atoms with Gasteiger partial charge in [0.05, 0.1) is 0 Å². The molecular formula is C10H12O2. The predicted octanol–water partition coefficient (Wildman–Crippen LogP) is 1.92. The smallest absolute Gasteiger partial charge is 0.124 e. The second kappa shape index (κ2) is 3.41. The van der Waals surface area contributed by atoms with Gasteiger partial charge in [-0.3, -0.25) is 0 Å². The number of aliphatic hydroxyl groups is 1. The van der Waals surface area contributed by atoms with Crippen LogP contribution in [0, 0.1) is 6.92 Å². The van der Waals surface area contributed by atoms with Crippen molar-refractivity contribution in [1.82, 2.24) is 0 Å². The van der Waals surface area contributed by atoms with E-state index in [0.717, 1.165) is 5.56 Å². The normalized spacial score (nSPS) is 12.5. The molecule has 2 nitrogen and oxygen atoms in total. The van der Waals surface area contributed by atoms with E-state index in [4.69, 9.17) is 0 Å². The third-order valence-corrected chi connectivity index (χ3v) is 1.81. The highest BCUT2D eigenvalue weighted by molar-refractivity contribution is 5.41. The van der Waals surface area contributed by atoms with Crippen LogP contribution in [-0.2, 0) is 0 Å². The standard InChI is InChI=1S/C10H12O2/c1-3-9(11)8-6-4-5-7(2)10(8)12/h3-6,9,11-12H,1H2,2H3/t9-/m1/s1. The van der Waals surface area contributed by atoms with E-state index in [1.54, 1.807) is 25.1 Å². The number of phenolic OH excluding ortho intramolecular Hbond substituents is 1. The number of para-hydroxylation sites is 1. The van der Waals surface area contributed by atoms with Crippen molar-refractivity contribution >= 4 is 0 Å². The minimum Gasteiger partial charge on any atom is -0.507 e. The zero-order valence-electron chi connectivity index (χ0n) is 6.99. The molecule has 1 rings (SSSR count). The summed E-state index contributed by atoms with van der Waals surface area (Å²) in [6, 6.07) is 5.25. The van der Waals surface area contributed by atoms with Gasteiger partial charge >= 0.3 is 0 Å². The SMILES string of the molecule is C=C[C@@H](O)c1cccc(C)c1O. The summed E-state index contributed by atoms with van der Waals surface area (Å²) in [6.45, 7) is 5.23. The topological polar surface area (TPSA) is 40.5 Å². The van der Waals surface area contributed by atoms with Gasteiger partial charge in [0.2, 0.25) is 0 Å². The van der Waals surface area contributed by atoms with E-state index < -0.39 is 6.10 Å². The molecular weight excluding hydrogens is 152 g/mol. The van der Waals surface area contributed by atoms with Gasteiger partial charge in [-0.25, -0.2) is 0 Å². The maximum atomic E-state index is 9.49. The van der Waals surface area contributed by atoms with E-state index in [9.17, 15) is 10.2 Å². The summed E-state index contributed by atoms with van der Waals surface area (Å²) in [7, 11) is 0. The summed E-state index contributed by atoms with van der Waals surface area (Å²) < 4.78 is 0. The van der Waals surface area contributed by atoms with Crippen molar-refractivity contribution in [1.29, 1.82) is 0 Å². The maximum absolute atomic E-state index is 9.49. The molecule has 1 aromatic carbocycles. The molecule has 2 heteroatoms. The van der Waals surface area contributed by atoms with Crippen molar-refractivity contribution in [3.63, 3.8) is 0 Å². The third-order valence-electron chi connectivity index (χ3n) is 1.81. The minimum absolute atomic E-state index is 0.143.